The fourth-order valence-corrected chi connectivity index (χ4v) is 2.43. The maximum Gasteiger partial charge on any atom is 0.336 e. The highest BCUT2D eigenvalue weighted by Crippen LogP contribution is 2.16. The molecule has 0 bridgehead atoms. The highest BCUT2D eigenvalue weighted by molar-refractivity contribution is 7.99. The maximum atomic E-state index is 11.2. The van der Waals surface area contributed by atoms with Crippen molar-refractivity contribution < 1.29 is 9.15 Å². The van der Waals surface area contributed by atoms with Crippen LogP contribution in [-0.2, 0) is 0 Å². The monoisotopic (exact) mass is 320 g/mol. The lowest BCUT2D eigenvalue weighted by atomic mass is 10.3. The van der Waals surface area contributed by atoms with Crippen molar-refractivity contribution in [3.63, 3.8) is 0 Å². The van der Waals surface area contributed by atoms with Crippen LogP contribution in [0.1, 0.15) is 5.76 Å². The van der Waals surface area contributed by atoms with Gasteiger partial charge >= 0.3 is 5.63 Å². The number of thioether (sulfide) groups is 1. The van der Waals surface area contributed by atoms with Crippen LogP contribution in [0.3, 0.4) is 0 Å². The highest BCUT2D eigenvalue weighted by atomic mass is 35.5. The first-order valence-corrected chi connectivity index (χ1v) is 7.58. The van der Waals surface area contributed by atoms with Gasteiger partial charge in [0.15, 0.2) is 0 Å². The van der Waals surface area contributed by atoms with Crippen LogP contribution in [0.25, 0.3) is 0 Å². The second-order valence-electron chi connectivity index (χ2n) is 4.11. The van der Waals surface area contributed by atoms with Gasteiger partial charge in [-0.1, -0.05) is 23.4 Å². The zero-order chi connectivity index (χ0) is 15.1. The van der Waals surface area contributed by atoms with Crippen molar-refractivity contribution in [2.45, 2.75) is 11.8 Å². The van der Waals surface area contributed by atoms with Crippen molar-refractivity contribution in [3.8, 4) is 17.6 Å². The first-order valence-electron chi connectivity index (χ1n) is 6.22. The molecule has 0 spiro atoms. The molecule has 2 rings (SSSR count). The molecule has 0 fully saturated rings. The third-order valence-electron chi connectivity index (χ3n) is 2.43. The van der Waals surface area contributed by atoms with Crippen LogP contribution in [0.4, 0.5) is 0 Å². The molecule has 3 nitrogen and oxygen atoms in total. The number of hydrogen-bond donors (Lipinski definition) is 0. The van der Waals surface area contributed by atoms with Gasteiger partial charge in [0.1, 0.15) is 18.1 Å². The smallest absolute Gasteiger partial charge is 0.336 e. The van der Waals surface area contributed by atoms with E-state index in [0.29, 0.717) is 23.1 Å². The van der Waals surface area contributed by atoms with Gasteiger partial charge in [0, 0.05) is 16.0 Å². The normalized spacial score (nSPS) is 9.81. The molecule has 0 unspecified atom stereocenters. The van der Waals surface area contributed by atoms with Gasteiger partial charge in [-0.2, -0.15) is 0 Å². The van der Waals surface area contributed by atoms with Crippen LogP contribution in [-0.4, -0.2) is 12.4 Å². The molecule has 5 heteroatoms. The van der Waals surface area contributed by atoms with E-state index in [4.69, 9.17) is 20.8 Å². The van der Waals surface area contributed by atoms with Gasteiger partial charge in [0.25, 0.3) is 0 Å². The van der Waals surface area contributed by atoms with Crippen molar-refractivity contribution >= 4 is 23.4 Å². The Labute approximate surface area is 132 Å². The maximum absolute atomic E-state index is 11.2. The summed E-state index contributed by atoms with van der Waals surface area (Å²) in [6.07, 6.45) is 0. The number of halogens is 1. The van der Waals surface area contributed by atoms with Gasteiger partial charge in [-0.15, -0.1) is 11.8 Å². The van der Waals surface area contributed by atoms with Gasteiger partial charge in [-0.3, -0.25) is 0 Å². The average Bonchev–Trinajstić information content (AvgIpc) is 2.43. The standard InChI is InChI=1S/C16H13ClO3S/c1-12-10-15(11-16(18)20-12)21-9-3-2-8-19-14-6-4-13(17)5-7-14/h4-7,10-11H,8-9H2,1H3. The molecule has 1 aromatic carbocycles. The summed E-state index contributed by atoms with van der Waals surface area (Å²) in [6.45, 7) is 2.06. The molecular weight excluding hydrogens is 308 g/mol. The minimum Gasteiger partial charge on any atom is -0.481 e. The highest BCUT2D eigenvalue weighted by Gasteiger charge is 1.97. The molecule has 0 N–H and O–H groups in total. The van der Waals surface area contributed by atoms with E-state index >= 15 is 0 Å². The molecule has 0 aliphatic carbocycles. The topological polar surface area (TPSA) is 39.4 Å². The van der Waals surface area contributed by atoms with Crippen molar-refractivity contribution in [1.82, 2.24) is 0 Å². The Morgan fingerprint density at radius 3 is 2.71 bits per heavy atom. The molecule has 2 aromatic rings. The SMILES string of the molecule is Cc1cc(SCC#CCOc2ccc(Cl)cc2)cc(=O)o1. The predicted octanol–water partition coefficient (Wildman–Crippen LogP) is 3.78. The van der Waals surface area contributed by atoms with E-state index in [1.54, 1.807) is 31.2 Å². The zero-order valence-electron chi connectivity index (χ0n) is 11.4. The summed E-state index contributed by atoms with van der Waals surface area (Å²) in [5.74, 6) is 7.83. The number of aryl methyl sites for hydroxylation is 1. The van der Waals surface area contributed by atoms with Gasteiger partial charge in [-0.05, 0) is 37.3 Å². The first-order chi connectivity index (χ1) is 10.1. The molecule has 0 aliphatic rings. The fourth-order valence-electron chi connectivity index (χ4n) is 1.53. The Morgan fingerprint density at radius 1 is 1.24 bits per heavy atom. The third-order valence-corrected chi connectivity index (χ3v) is 3.54. The van der Waals surface area contributed by atoms with Crippen LogP contribution < -0.4 is 10.4 Å². The predicted molar refractivity (Wildman–Crippen MR) is 85.2 cm³/mol. The Bertz CT molecular complexity index is 711. The second kappa shape index (κ2) is 7.82. The Morgan fingerprint density at radius 2 is 2.00 bits per heavy atom. The van der Waals surface area contributed by atoms with Crippen LogP contribution in [0.15, 0.2) is 50.5 Å². The molecule has 1 heterocycles. The molecule has 0 amide bonds. The van der Waals surface area contributed by atoms with Crippen molar-refractivity contribution in [3.05, 3.63) is 57.6 Å². The minimum absolute atomic E-state index is 0.318. The fraction of sp³-hybridized carbons (Fsp3) is 0.188. The summed E-state index contributed by atoms with van der Waals surface area (Å²) >= 11 is 7.27. The molecule has 108 valence electrons. The molecule has 21 heavy (non-hydrogen) atoms. The zero-order valence-corrected chi connectivity index (χ0v) is 13.0. The molecule has 1 aromatic heterocycles. The van der Waals surface area contributed by atoms with Crippen LogP contribution in [0.2, 0.25) is 5.02 Å². The number of ether oxygens (including phenoxy) is 1. The van der Waals surface area contributed by atoms with E-state index in [1.165, 1.54) is 17.8 Å². The summed E-state index contributed by atoms with van der Waals surface area (Å²) in [5, 5.41) is 0.674. The van der Waals surface area contributed by atoms with Crippen LogP contribution in [0, 0.1) is 18.8 Å². The summed E-state index contributed by atoms with van der Waals surface area (Å²) in [7, 11) is 0. The van der Waals surface area contributed by atoms with E-state index in [-0.39, 0.29) is 5.63 Å². The van der Waals surface area contributed by atoms with E-state index in [0.717, 1.165) is 10.6 Å². The van der Waals surface area contributed by atoms with Crippen molar-refractivity contribution in [2.24, 2.45) is 0 Å². The summed E-state index contributed by atoms with van der Waals surface area (Å²) < 4.78 is 10.3. The summed E-state index contributed by atoms with van der Waals surface area (Å²) in [6, 6.07) is 10.4. The number of rotatable bonds is 4. The largest absolute Gasteiger partial charge is 0.481 e. The summed E-state index contributed by atoms with van der Waals surface area (Å²) in [4.78, 5) is 12.0. The van der Waals surface area contributed by atoms with Gasteiger partial charge in [-0.25, -0.2) is 4.79 Å². The van der Waals surface area contributed by atoms with Crippen LogP contribution in [0.5, 0.6) is 5.75 Å². The molecule has 0 saturated heterocycles. The Hall–Kier alpha value is -1.83. The van der Waals surface area contributed by atoms with Gasteiger partial charge < -0.3 is 9.15 Å². The van der Waals surface area contributed by atoms with E-state index in [9.17, 15) is 4.79 Å². The molecule has 0 aliphatic heterocycles. The molecular formula is C16H13ClO3S. The van der Waals surface area contributed by atoms with Crippen molar-refractivity contribution in [1.29, 1.82) is 0 Å². The van der Waals surface area contributed by atoms with Gasteiger partial charge in [0.05, 0.1) is 5.75 Å². The molecule has 0 atom stereocenters. The second-order valence-corrected chi connectivity index (χ2v) is 5.59. The van der Waals surface area contributed by atoms with Gasteiger partial charge in [0.2, 0.25) is 0 Å². The average molecular weight is 321 g/mol. The third kappa shape index (κ3) is 5.58. The molecule has 0 radical (unpaired) electrons. The lowest BCUT2D eigenvalue weighted by Gasteiger charge is -2.00. The lowest BCUT2D eigenvalue weighted by Crippen LogP contribution is -1.97. The summed E-state index contributed by atoms with van der Waals surface area (Å²) in [5.41, 5.74) is -0.337. The van der Waals surface area contributed by atoms with E-state index in [1.807, 2.05) is 6.07 Å². The van der Waals surface area contributed by atoms with Crippen LogP contribution >= 0.6 is 23.4 Å². The van der Waals surface area contributed by atoms with E-state index < -0.39 is 0 Å². The van der Waals surface area contributed by atoms with Crippen molar-refractivity contribution in [2.75, 3.05) is 12.4 Å². The Balaban J connectivity index is 1.76. The molecule has 0 saturated carbocycles. The minimum atomic E-state index is -0.337. The Kier molecular flexibility index (Phi) is 5.79. The number of benzene rings is 1. The lowest BCUT2D eigenvalue weighted by molar-refractivity contribution is 0.370. The first kappa shape index (κ1) is 15.6. The number of hydrogen-bond acceptors (Lipinski definition) is 4. The quantitative estimate of drug-likeness (QED) is 0.635. The van der Waals surface area contributed by atoms with E-state index in [2.05, 4.69) is 11.8 Å².